The van der Waals surface area contributed by atoms with Crippen LogP contribution in [0.1, 0.15) is 5.56 Å². The van der Waals surface area contributed by atoms with E-state index in [0.717, 1.165) is 0 Å². The molecule has 0 heterocycles. The van der Waals surface area contributed by atoms with Gasteiger partial charge in [0, 0.05) is 11.6 Å². The van der Waals surface area contributed by atoms with Gasteiger partial charge < -0.3 is 10.5 Å². The summed E-state index contributed by atoms with van der Waals surface area (Å²) >= 11 is 6.32. The summed E-state index contributed by atoms with van der Waals surface area (Å²) in [5.74, 6) is -0.492. The summed E-state index contributed by atoms with van der Waals surface area (Å²) in [4.78, 5) is 0. The van der Waals surface area contributed by atoms with Crippen LogP contribution in [0.5, 0.6) is 5.75 Å². The lowest BCUT2D eigenvalue weighted by Gasteiger charge is -2.12. The summed E-state index contributed by atoms with van der Waals surface area (Å²) in [5.41, 5.74) is 6.49. The summed E-state index contributed by atoms with van der Waals surface area (Å²) in [6.45, 7) is 0.118. The quantitative estimate of drug-likeness (QED) is 0.771. The molecule has 2 aromatic carbocycles. The molecule has 0 aliphatic rings. The van der Waals surface area contributed by atoms with Gasteiger partial charge in [0.25, 0.3) is 0 Å². The molecule has 0 aliphatic carbocycles. The molecule has 6 heteroatoms. The van der Waals surface area contributed by atoms with Crippen molar-refractivity contribution in [3.8, 4) is 5.75 Å². The molecule has 0 saturated heterocycles. The van der Waals surface area contributed by atoms with Crippen LogP contribution in [0.2, 0.25) is 0 Å². The maximum Gasteiger partial charge on any atom is 0.157 e. The number of benzene rings is 2. The predicted molar refractivity (Wildman–Crippen MR) is 76.9 cm³/mol. The minimum Gasteiger partial charge on any atom is -0.486 e. The van der Waals surface area contributed by atoms with E-state index in [0.29, 0.717) is 20.3 Å². The molecule has 2 rings (SSSR count). The van der Waals surface area contributed by atoms with Crippen molar-refractivity contribution in [1.82, 2.24) is 0 Å². The lowest BCUT2D eigenvalue weighted by molar-refractivity contribution is 0.304. The van der Waals surface area contributed by atoms with Crippen LogP contribution in [0, 0.1) is 11.6 Å². The van der Waals surface area contributed by atoms with Crippen LogP contribution in [0.3, 0.4) is 0 Å². The lowest BCUT2D eigenvalue weighted by atomic mass is 10.2. The van der Waals surface area contributed by atoms with E-state index in [4.69, 9.17) is 10.5 Å². The van der Waals surface area contributed by atoms with Gasteiger partial charge in [0.2, 0.25) is 0 Å². The smallest absolute Gasteiger partial charge is 0.157 e. The van der Waals surface area contributed by atoms with Crippen molar-refractivity contribution in [2.45, 2.75) is 6.61 Å². The molecule has 2 aromatic rings. The normalized spacial score (nSPS) is 10.5. The third-order valence-electron chi connectivity index (χ3n) is 2.44. The second kappa shape index (κ2) is 5.88. The average molecular weight is 393 g/mol. The zero-order valence-corrected chi connectivity index (χ0v) is 12.8. The van der Waals surface area contributed by atoms with Gasteiger partial charge in [-0.1, -0.05) is 12.1 Å². The van der Waals surface area contributed by atoms with Crippen LogP contribution in [0.15, 0.2) is 39.3 Å². The fourth-order valence-electron chi connectivity index (χ4n) is 1.54. The van der Waals surface area contributed by atoms with Crippen molar-refractivity contribution in [1.29, 1.82) is 0 Å². The van der Waals surface area contributed by atoms with Crippen molar-refractivity contribution in [3.63, 3.8) is 0 Å². The molecule has 0 atom stereocenters. The highest BCUT2D eigenvalue weighted by Gasteiger charge is 2.11. The van der Waals surface area contributed by atoms with Crippen molar-refractivity contribution >= 4 is 37.5 Å². The fraction of sp³-hybridized carbons (Fsp3) is 0.0769. The maximum atomic E-state index is 13.3. The molecule has 0 radical (unpaired) electrons. The van der Waals surface area contributed by atoms with Gasteiger partial charge in [-0.3, -0.25) is 0 Å². The van der Waals surface area contributed by atoms with E-state index in [1.165, 1.54) is 18.2 Å². The number of hydrogen-bond donors (Lipinski definition) is 1. The van der Waals surface area contributed by atoms with Crippen LogP contribution in [-0.2, 0) is 6.61 Å². The third kappa shape index (κ3) is 3.25. The summed E-state index contributed by atoms with van der Waals surface area (Å²) in [6.07, 6.45) is 0. The number of nitrogen functional groups attached to an aromatic ring is 1. The zero-order chi connectivity index (χ0) is 14.0. The number of halogens is 4. The Bertz CT molecular complexity index is 597. The van der Waals surface area contributed by atoms with Crippen LogP contribution in [0.4, 0.5) is 14.5 Å². The molecule has 19 heavy (non-hydrogen) atoms. The molecule has 0 aliphatic heterocycles. The van der Waals surface area contributed by atoms with E-state index >= 15 is 0 Å². The first kappa shape index (κ1) is 14.3. The molecule has 0 aromatic heterocycles. The summed E-state index contributed by atoms with van der Waals surface area (Å²) in [7, 11) is 0. The van der Waals surface area contributed by atoms with Crippen LogP contribution in [0.25, 0.3) is 0 Å². The van der Waals surface area contributed by atoms with Gasteiger partial charge in [-0.25, -0.2) is 8.78 Å². The Balaban J connectivity index is 2.22. The highest BCUT2D eigenvalue weighted by atomic mass is 79.9. The van der Waals surface area contributed by atoms with E-state index < -0.39 is 5.82 Å². The molecular weight excluding hydrogens is 384 g/mol. The Morgan fingerprint density at radius 3 is 2.58 bits per heavy atom. The first-order valence-corrected chi connectivity index (χ1v) is 6.88. The van der Waals surface area contributed by atoms with Gasteiger partial charge in [0.05, 0.1) is 14.6 Å². The number of ether oxygens (including phenoxy) is 1. The monoisotopic (exact) mass is 391 g/mol. The minimum atomic E-state index is -0.455. The van der Waals surface area contributed by atoms with Gasteiger partial charge in [0.1, 0.15) is 18.2 Å². The summed E-state index contributed by atoms with van der Waals surface area (Å²) in [6, 6.07) is 7.07. The van der Waals surface area contributed by atoms with Gasteiger partial charge in [-0.2, -0.15) is 0 Å². The topological polar surface area (TPSA) is 35.2 Å². The molecule has 0 spiro atoms. The minimum absolute atomic E-state index is 0.118. The van der Waals surface area contributed by atoms with Crippen molar-refractivity contribution in [2.24, 2.45) is 0 Å². The Hall–Kier alpha value is -1.14. The van der Waals surface area contributed by atoms with Crippen molar-refractivity contribution < 1.29 is 13.5 Å². The standard InChI is InChI=1S/C13H9Br2F2NO/c14-9-4-8(16)5-11(18)13(9)19-6-7-2-1-3-10(17)12(7)15/h1-5H,6,18H2. The van der Waals surface area contributed by atoms with E-state index in [1.807, 2.05) is 0 Å². The molecule has 0 saturated carbocycles. The SMILES string of the molecule is Nc1cc(F)cc(Br)c1OCc1cccc(F)c1Br. The second-order valence-electron chi connectivity index (χ2n) is 3.81. The Morgan fingerprint density at radius 2 is 1.89 bits per heavy atom. The van der Waals surface area contributed by atoms with Gasteiger partial charge >= 0.3 is 0 Å². The molecule has 0 amide bonds. The Kier molecular flexibility index (Phi) is 4.42. The number of hydrogen-bond acceptors (Lipinski definition) is 2. The number of nitrogens with two attached hydrogens (primary N) is 1. The predicted octanol–water partition coefficient (Wildman–Crippen LogP) is 4.65. The number of anilines is 1. The highest BCUT2D eigenvalue weighted by molar-refractivity contribution is 9.10. The Morgan fingerprint density at radius 1 is 1.16 bits per heavy atom. The van der Waals surface area contributed by atoms with Crippen LogP contribution >= 0.6 is 31.9 Å². The molecule has 100 valence electrons. The summed E-state index contributed by atoms with van der Waals surface area (Å²) in [5, 5.41) is 0. The number of rotatable bonds is 3. The highest BCUT2D eigenvalue weighted by Crippen LogP contribution is 2.33. The van der Waals surface area contributed by atoms with Crippen molar-refractivity contribution in [2.75, 3.05) is 5.73 Å². The third-order valence-corrected chi connectivity index (χ3v) is 3.92. The van der Waals surface area contributed by atoms with Gasteiger partial charge in [-0.05, 0) is 44.0 Å². The van der Waals surface area contributed by atoms with Gasteiger partial charge in [-0.15, -0.1) is 0 Å². The molecule has 2 nitrogen and oxygen atoms in total. The summed E-state index contributed by atoms with van der Waals surface area (Å²) < 4.78 is 32.7. The largest absolute Gasteiger partial charge is 0.486 e. The zero-order valence-electron chi connectivity index (χ0n) is 9.59. The van der Waals surface area contributed by atoms with Crippen LogP contribution < -0.4 is 10.5 Å². The molecule has 2 N–H and O–H groups in total. The first-order valence-electron chi connectivity index (χ1n) is 5.29. The first-order chi connectivity index (χ1) is 8.99. The average Bonchev–Trinajstić information content (AvgIpc) is 2.33. The van der Waals surface area contributed by atoms with E-state index in [1.54, 1.807) is 12.1 Å². The van der Waals surface area contributed by atoms with E-state index in [-0.39, 0.29) is 18.1 Å². The van der Waals surface area contributed by atoms with Crippen LogP contribution in [-0.4, -0.2) is 0 Å². The fourth-order valence-corrected chi connectivity index (χ4v) is 2.48. The second-order valence-corrected chi connectivity index (χ2v) is 5.45. The molecule has 0 bridgehead atoms. The lowest BCUT2D eigenvalue weighted by Crippen LogP contribution is -2.01. The maximum absolute atomic E-state index is 13.3. The molecule has 0 unspecified atom stereocenters. The van der Waals surface area contributed by atoms with Crippen molar-refractivity contribution in [3.05, 3.63) is 56.5 Å². The molecular formula is C13H9Br2F2NO. The van der Waals surface area contributed by atoms with E-state index in [2.05, 4.69) is 31.9 Å². The van der Waals surface area contributed by atoms with Gasteiger partial charge in [0.15, 0.2) is 5.75 Å². The van der Waals surface area contributed by atoms with E-state index in [9.17, 15) is 8.78 Å². The molecule has 0 fully saturated rings. The Labute approximate surface area is 125 Å².